The molecule has 2 aromatic rings. The molecular formula is C17H15FO5. The smallest absolute Gasteiger partial charge is 0.341 e. The Morgan fingerprint density at radius 3 is 2.22 bits per heavy atom. The first-order valence-electron chi connectivity index (χ1n) is 6.86. The molecule has 1 N–H and O–H groups in total. The van der Waals surface area contributed by atoms with Gasteiger partial charge in [-0.05, 0) is 42.3 Å². The van der Waals surface area contributed by atoms with Gasteiger partial charge in [-0.2, -0.15) is 0 Å². The van der Waals surface area contributed by atoms with Crippen LogP contribution in [0.15, 0.2) is 36.4 Å². The fourth-order valence-electron chi connectivity index (χ4n) is 2.12. The van der Waals surface area contributed by atoms with Gasteiger partial charge in [0.25, 0.3) is 0 Å². The molecule has 5 nitrogen and oxygen atoms in total. The zero-order valence-electron chi connectivity index (χ0n) is 12.6. The van der Waals surface area contributed by atoms with Gasteiger partial charge in [-0.15, -0.1) is 0 Å². The van der Waals surface area contributed by atoms with Crippen LogP contribution in [0.25, 0.3) is 11.1 Å². The predicted octanol–water partition coefficient (Wildman–Crippen LogP) is 3.38. The van der Waals surface area contributed by atoms with Crippen LogP contribution < -0.4 is 4.74 Å². The molecule has 0 amide bonds. The number of aromatic carboxylic acids is 1. The molecular weight excluding hydrogens is 303 g/mol. The lowest BCUT2D eigenvalue weighted by molar-refractivity contribution is 0.0520. The van der Waals surface area contributed by atoms with E-state index in [0.29, 0.717) is 11.1 Å². The van der Waals surface area contributed by atoms with Crippen LogP contribution in [0.1, 0.15) is 27.6 Å². The summed E-state index contributed by atoms with van der Waals surface area (Å²) in [4.78, 5) is 22.7. The van der Waals surface area contributed by atoms with Crippen LogP contribution in [0.5, 0.6) is 5.75 Å². The SMILES string of the molecule is CCOC(=O)c1ccc(-c2ccc(C(=O)O)c(OC)c2)cc1F. The molecule has 0 spiro atoms. The van der Waals surface area contributed by atoms with Gasteiger partial charge in [-0.3, -0.25) is 0 Å². The summed E-state index contributed by atoms with van der Waals surface area (Å²) >= 11 is 0. The quantitative estimate of drug-likeness (QED) is 0.856. The van der Waals surface area contributed by atoms with Crippen LogP contribution in [0.2, 0.25) is 0 Å². The third-order valence-corrected chi connectivity index (χ3v) is 3.23. The van der Waals surface area contributed by atoms with Gasteiger partial charge in [0.15, 0.2) is 0 Å². The Hall–Kier alpha value is -2.89. The maximum atomic E-state index is 14.1. The van der Waals surface area contributed by atoms with Gasteiger partial charge < -0.3 is 14.6 Å². The summed E-state index contributed by atoms with van der Waals surface area (Å²) in [5, 5.41) is 9.06. The number of hydrogen-bond donors (Lipinski definition) is 1. The van der Waals surface area contributed by atoms with E-state index in [4.69, 9.17) is 14.6 Å². The number of benzene rings is 2. The molecule has 23 heavy (non-hydrogen) atoms. The van der Waals surface area contributed by atoms with Gasteiger partial charge in [-0.1, -0.05) is 12.1 Å². The highest BCUT2D eigenvalue weighted by Gasteiger charge is 2.15. The van der Waals surface area contributed by atoms with Crippen molar-refractivity contribution in [2.75, 3.05) is 13.7 Å². The highest BCUT2D eigenvalue weighted by Crippen LogP contribution is 2.28. The Kier molecular flexibility index (Phi) is 4.95. The molecule has 2 aromatic carbocycles. The highest BCUT2D eigenvalue weighted by molar-refractivity contribution is 5.92. The highest BCUT2D eigenvalue weighted by atomic mass is 19.1. The van der Waals surface area contributed by atoms with Gasteiger partial charge >= 0.3 is 11.9 Å². The van der Waals surface area contributed by atoms with E-state index in [2.05, 4.69) is 0 Å². The second-order valence-electron chi connectivity index (χ2n) is 4.64. The summed E-state index contributed by atoms with van der Waals surface area (Å²) in [6, 6.07) is 8.52. The van der Waals surface area contributed by atoms with Crippen LogP contribution in [-0.2, 0) is 4.74 Å². The van der Waals surface area contributed by atoms with E-state index in [9.17, 15) is 14.0 Å². The molecule has 0 radical (unpaired) electrons. The Labute approximate surface area is 132 Å². The minimum absolute atomic E-state index is 0.0138. The topological polar surface area (TPSA) is 72.8 Å². The van der Waals surface area contributed by atoms with E-state index in [-0.39, 0.29) is 23.5 Å². The fraction of sp³-hybridized carbons (Fsp3) is 0.176. The molecule has 120 valence electrons. The van der Waals surface area contributed by atoms with Crippen LogP contribution in [0.3, 0.4) is 0 Å². The first-order chi connectivity index (χ1) is 11.0. The zero-order chi connectivity index (χ0) is 17.0. The molecule has 0 aromatic heterocycles. The number of carbonyl (C=O) groups is 2. The van der Waals surface area contributed by atoms with Gasteiger partial charge in [0.1, 0.15) is 17.1 Å². The lowest BCUT2D eigenvalue weighted by atomic mass is 10.0. The van der Waals surface area contributed by atoms with Crippen LogP contribution in [0.4, 0.5) is 4.39 Å². The van der Waals surface area contributed by atoms with E-state index < -0.39 is 17.8 Å². The predicted molar refractivity (Wildman–Crippen MR) is 81.3 cm³/mol. The summed E-state index contributed by atoms with van der Waals surface area (Å²) in [6.07, 6.45) is 0. The first kappa shape index (κ1) is 16.5. The summed E-state index contributed by atoms with van der Waals surface area (Å²) in [7, 11) is 1.36. The fourth-order valence-corrected chi connectivity index (χ4v) is 2.12. The maximum Gasteiger partial charge on any atom is 0.341 e. The Morgan fingerprint density at radius 2 is 1.70 bits per heavy atom. The van der Waals surface area contributed by atoms with Crippen molar-refractivity contribution in [2.45, 2.75) is 6.92 Å². The van der Waals surface area contributed by atoms with Crippen molar-refractivity contribution in [1.82, 2.24) is 0 Å². The largest absolute Gasteiger partial charge is 0.496 e. The summed E-state index contributed by atoms with van der Waals surface area (Å²) in [5.74, 6) is -2.38. The number of ether oxygens (including phenoxy) is 2. The van der Waals surface area contributed by atoms with E-state index in [0.717, 1.165) is 0 Å². The maximum absolute atomic E-state index is 14.1. The molecule has 0 aliphatic rings. The van der Waals surface area contributed by atoms with E-state index in [1.165, 1.54) is 31.4 Å². The molecule has 0 saturated heterocycles. The number of methoxy groups -OCH3 is 1. The Balaban J connectivity index is 2.41. The Bertz CT molecular complexity index is 755. The van der Waals surface area contributed by atoms with Crippen molar-refractivity contribution >= 4 is 11.9 Å². The van der Waals surface area contributed by atoms with Crippen LogP contribution in [0, 0.1) is 5.82 Å². The third kappa shape index (κ3) is 3.48. The number of rotatable bonds is 5. The molecule has 0 unspecified atom stereocenters. The van der Waals surface area contributed by atoms with Crippen LogP contribution in [-0.4, -0.2) is 30.8 Å². The molecule has 0 saturated carbocycles. The molecule has 0 aliphatic heterocycles. The minimum atomic E-state index is -1.11. The number of carbonyl (C=O) groups excluding carboxylic acids is 1. The van der Waals surface area contributed by atoms with Crippen LogP contribution >= 0.6 is 0 Å². The van der Waals surface area contributed by atoms with E-state index in [1.54, 1.807) is 19.1 Å². The molecule has 0 fully saturated rings. The van der Waals surface area contributed by atoms with Crippen molar-refractivity contribution in [2.24, 2.45) is 0 Å². The van der Waals surface area contributed by atoms with Gasteiger partial charge in [0, 0.05) is 0 Å². The normalized spacial score (nSPS) is 10.2. The molecule has 2 rings (SSSR count). The average molecular weight is 318 g/mol. The lowest BCUT2D eigenvalue weighted by Crippen LogP contribution is -2.07. The second kappa shape index (κ2) is 6.91. The van der Waals surface area contributed by atoms with E-state index >= 15 is 0 Å². The van der Waals surface area contributed by atoms with Crippen molar-refractivity contribution in [3.05, 3.63) is 53.3 Å². The number of hydrogen-bond acceptors (Lipinski definition) is 4. The van der Waals surface area contributed by atoms with Crippen molar-refractivity contribution < 1.29 is 28.6 Å². The van der Waals surface area contributed by atoms with E-state index in [1.807, 2.05) is 0 Å². The van der Waals surface area contributed by atoms with Crippen molar-refractivity contribution in [3.63, 3.8) is 0 Å². The molecule has 0 atom stereocenters. The zero-order valence-corrected chi connectivity index (χ0v) is 12.6. The lowest BCUT2D eigenvalue weighted by Gasteiger charge is -2.09. The average Bonchev–Trinajstić information content (AvgIpc) is 2.54. The molecule has 6 heteroatoms. The van der Waals surface area contributed by atoms with Gasteiger partial charge in [0.2, 0.25) is 0 Å². The first-order valence-corrected chi connectivity index (χ1v) is 6.86. The molecule has 0 aliphatic carbocycles. The Morgan fingerprint density at radius 1 is 1.09 bits per heavy atom. The van der Waals surface area contributed by atoms with Gasteiger partial charge in [-0.25, -0.2) is 14.0 Å². The monoisotopic (exact) mass is 318 g/mol. The minimum Gasteiger partial charge on any atom is -0.496 e. The van der Waals surface area contributed by atoms with Crippen molar-refractivity contribution in [1.29, 1.82) is 0 Å². The van der Waals surface area contributed by atoms with Crippen molar-refractivity contribution in [3.8, 4) is 16.9 Å². The molecule has 0 bridgehead atoms. The number of carboxylic acids is 1. The summed E-state index contributed by atoms with van der Waals surface area (Å²) in [5.41, 5.74) is 0.927. The third-order valence-electron chi connectivity index (χ3n) is 3.23. The number of halogens is 1. The standard InChI is InChI=1S/C17H15FO5/c1-3-23-17(21)12-6-4-10(8-14(12)18)11-5-7-13(16(19)20)15(9-11)22-2/h4-9H,3H2,1-2H3,(H,19,20). The second-order valence-corrected chi connectivity index (χ2v) is 4.64. The van der Waals surface area contributed by atoms with Gasteiger partial charge in [0.05, 0.1) is 19.3 Å². The summed E-state index contributed by atoms with van der Waals surface area (Å²) in [6.45, 7) is 1.80. The number of carboxylic acid groups (broad SMARTS) is 1. The number of esters is 1. The molecule has 0 heterocycles. The summed E-state index contributed by atoms with van der Waals surface area (Å²) < 4.78 is 23.9.